The Morgan fingerprint density at radius 2 is 1.89 bits per heavy atom. The van der Waals surface area contributed by atoms with E-state index in [1.807, 2.05) is 6.92 Å². The highest BCUT2D eigenvalue weighted by Crippen LogP contribution is 2.27. The standard InChI is InChI=1S/C19H29N3O3S.ClH/c1-14(15-12-20-13-15)19(23)21-16-7-6-10-18(11-16)26(24,25)22(2)17-8-4-3-5-9-17;/h6-7,10-11,14-15,17,20H,3-5,8-9,12-13H2,1-2H3,(H,21,23);1H. The number of nitrogens with zero attached hydrogens (tertiary/aromatic N) is 1. The van der Waals surface area contributed by atoms with Crippen molar-refractivity contribution in [1.82, 2.24) is 9.62 Å². The van der Waals surface area contributed by atoms with Crippen molar-refractivity contribution in [3.05, 3.63) is 24.3 Å². The number of carbonyl (C=O) groups excluding carboxylic acids is 1. The lowest BCUT2D eigenvalue weighted by atomic mass is 9.88. The number of hydrogen-bond acceptors (Lipinski definition) is 4. The monoisotopic (exact) mass is 415 g/mol. The summed E-state index contributed by atoms with van der Waals surface area (Å²) in [4.78, 5) is 12.6. The molecule has 1 atom stereocenters. The first-order valence-corrected chi connectivity index (χ1v) is 10.9. The van der Waals surface area contributed by atoms with Crippen molar-refractivity contribution in [3.8, 4) is 0 Å². The largest absolute Gasteiger partial charge is 0.326 e. The molecule has 1 aromatic rings. The Morgan fingerprint density at radius 3 is 2.48 bits per heavy atom. The predicted octanol–water partition coefficient (Wildman–Crippen LogP) is 2.86. The van der Waals surface area contributed by atoms with Gasteiger partial charge in [0.1, 0.15) is 0 Å². The van der Waals surface area contributed by atoms with Gasteiger partial charge in [-0.3, -0.25) is 4.79 Å². The minimum absolute atomic E-state index is 0. The highest BCUT2D eigenvalue weighted by Gasteiger charge is 2.30. The van der Waals surface area contributed by atoms with Gasteiger partial charge in [-0.15, -0.1) is 12.4 Å². The number of halogens is 1. The summed E-state index contributed by atoms with van der Waals surface area (Å²) in [5.74, 6) is 0.187. The summed E-state index contributed by atoms with van der Waals surface area (Å²) in [7, 11) is -1.89. The molecular weight excluding hydrogens is 386 g/mol. The maximum absolute atomic E-state index is 13.0. The van der Waals surface area contributed by atoms with Crippen LogP contribution < -0.4 is 10.6 Å². The number of carbonyl (C=O) groups is 1. The van der Waals surface area contributed by atoms with Crippen LogP contribution >= 0.6 is 12.4 Å². The molecule has 2 fully saturated rings. The van der Waals surface area contributed by atoms with E-state index in [1.54, 1.807) is 31.3 Å². The third-order valence-electron chi connectivity index (χ3n) is 5.80. The fourth-order valence-corrected chi connectivity index (χ4v) is 5.14. The van der Waals surface area contributed by atoms with Crippen LogP contribution in [-0.2, 0) is 14.8 Å². The normalized spacial score (nSPS) is 19.8. The van der Waals surface area contributed by atoms with E-state index in [1.165, 1.54) is 10.7 Å². The smallest absolute Gasteiger partial charge is 0.243 e. The van der Waals surface area contributed by atoms with Gasteiger partial charge in [-0.25, -0.2) is 8.42 Å². The Labute approximate surface area is 168 Å². The van der Waals surface area contributed by atoms with Crippen LogP contribution in [0.5, 0.6) is 0 Å². The van der Waals surface area contributed by atoms with Gasteiger partial charge in [-0.2, -0.15) is 4.31 Å². The molecular formula is C19H30ClN3O3S. The third-order valence-corrected chi connectivity index (χ3v) is 7.71. The van der Waals surface area contributed by atoms with Gasteiger partial charge in [0.05, 0.1) is 4.90 Å². The number of rotatable bonds is 6. The van der Waals surface area contributed by atoms with E-state index >= 15 is 0 Å². The number of amides is 1. The summed E-state index contributed by atoms with van der Waals surface area (Å²) in [5, 5.41) is 6.04. The number of hydrogen-bond donors (Lipinski definition) is 2. The van der Waals surface area contributed by atoms with Crippen LogP contribution in [0, 0.1) is 11.8 Å². The summed E-state index contributed by atoms with van der Waals surface area (Å²) in [6, 6.07) is 6.66. The Hall–Kier alpha value is -1.15. The second kappa shape index (κ2) is 9.37. The number of nitrogens with one attached hydrogen (secondary N) is 2. The van der Waals surface area contributed by atoms with Crippen LogP contribution in [-0.4, -0.2) is 44.8 Å². The minimum atomic E-state index is -3.55. The van der Waals surface area contributed by atoms with Gasteiger partial charge >= 0.3 is 0 Å². The molecule has 1 heterocycles. The maximum Gasteiger partial charge on any atom is 0.243 e. The molecule has 3 rings (SSSR count). The van der Waals surface area contributed by atoms with Crippen LogP contribution in [0.25, 0.3) is 0 Å². The van der Waals surface area contributed by atoms with Crippen LogP contribution in [0.1, 0.15) is 39.0 Å². The fourth-order valence-electron chi connectivity index (χ4n) is 3.68. The molecule has 2 aliphatic rings. The zero-order valence-corrected chi connectivity index (χ0v) is 17.6. The molecule has 0 aromatic heterocycles. The molecule has 1 saturated carbocycles. The van der Waals surface area contributed by atoms with Crippen LogP contribution in [0.4, 0.5) is 5.69 Å². The second-order valence-corrected chi connectivity index (χ2v) is 9.53. The number of benzene rings is 1. The lowest BCUT2D eigenvalue weighted by Crippen LogP contribution is -2.48. The Bertz CT molecular complexity index is 746. The Morgan fingerprint density at radius 1 is 1.22 bits per heavy atom. The van der Waals surface area contributed by atoms with Crippen molar-refractivity contribution < 1.29 is 13.2 Å². The lowest BCUT2D eigenvalue weighted by Gasteiger charge is -2.32. The maximum atomic E-state index is 13.0. The molecule has 1 aliphatic heterocycles. The molecule has 152 valence electrons. The summed E-state index contributed by atoms with van der Waals surface area (Å²) in [5.41, 5.74) is 0.534. The Kier molecular flexibility index (Phi) is 7.68. The van der Waals surface area contributed by atoms with Gasteiger partial charge in [0.25, 0.3) is 0 Å². The molecule has 0 spiro atoms. The molecule has 2 N–H and O–H groups in total. The fraction of sp³-hybridized carbons (Fsp3) is 0.632. The van der Waals surface area contributed by atoms with E-state index in [9.17, 15) is 13.2 Å². The van der Waals surface area contributed by atoms with Gasteiger partial charge in [0.15, 0.2) is 0 Å². The van der Waals surface area contributed by atoms with Gasteiger partial charge in [0.2, 0.25) is 15.9 Å². The van der Waals surface area contributed by atoms with Crippen molar-refractivity contribution in [2.45, 2.75) is 50.0 Å². The quantitative estimate of drug-likeness (QED) is 0.748. The third kappa shape index (κ3) is 5.02. The first kappa shape index (κ1) is 22.1. The van der Waals surface area contributed by atoms with Crippen molar-refractivity contribution in [2.24, 2.45) is 11.8 Å². The predicted molar refractivity (Wildman–Crippen MR) is 110 cm³/mol. The van der Waals surface area contributed by atoms with Crippen molar-refractivity contribution in [2.75, 3.05) is 25.5 Å². The number of anilines is 1. The van der Waals surface area contributed by atoms with Gasteiger partial charge in [0, 0.05) is 24.7 Å². The molecule has 27 heavy (non-hydrogen) atoms. The minimum Gasteiger partial charge on any atom is -0.326 e. The van der Waals surface area contributed by atoms with Crippen LogP contribution in [0.15, 0.2) is 29.2 Å². The second-order valence-electron chi connectivity index (χ2n) is 7.54. The van der Waals surface area contributed by atoms with E-state index in [2.05, 4.69) is 10.6 Å². The van der Waals surface area contributed by atoms with E-state index in [0.717, 1.165) is 38.8 Å². The molecule has 8 heteroatoms. The molecule has 6 nitrogen and oxygen atoms in total. The van der Waals surface area contributed by atoms with E-state index < -0.39 is 10.0 Å². The van der Waals surface area contributed by atoms with E-state index in [0.29, 0.717) is 11.6 Å². The zero-order chi connectivity index (χ0) is 18.7. The molecule has 1 unspecified atom stereocenters. The SMILES string of the molecule is CC(C(=O)Nc1cccc(S(=O)(=O)N(C)C2CCCCC2)c1)C1CNC1.Cl. The van der Waals surface area contributed by atoms with Crippen molar-refractivity contribution >= 4 is 34.0 Å². The summed E-state index contributed by atoms with van der Waals surface area (Å²) in [6.07, 6.45) is 5.17. The van der Waals surface area contributed by atoms with Gasteiger partial charge in [-0.05, 0) is 50.0 Å². The van der Waals surface area contributed by atoms with Crippen LogP contribution in [0.3, 0.4) is 0 Å². The van der Waals surface area contributed by atoms with Gasteiger partial charge < -0.3 is 10.6 Å². The number of sulfonamides is 1. The van der Waals surface area contributed by atoms with E-state index in [4.69, 9.17) is 0 Å². The average Bonchev–Trinajstić information content (AvgIpc) is 2.60. The molecule has 1 saturated heterocycles. The molecule has 0 radical (unpaired) electrons. The molecule has 0 bridgehead atoms. The Balaban J connectivity index is 0.00000261. The highest BCUT2D eigenvalue weighted by atomic mass is 35.5. The molecule has 1 aromatic carbocycles. The van der Waals surface area contributed by atoms with Crippen molar-refractivity contribution in [3.63, 3.8) is 0 Å². The summed E-state index contributed by atoms with van der Waals surface area (Å²) in [6.45, 7) is 3.63. The highest BCUT2D eigenvalue weighted by molar-refractivity contribution is 7.89. The molecule has 1 amide bonds. The van der Waals surface area contributed by atoms with Crippen molar-refractivity contribution in [1.29, 1.82) is 0 Å². The first-order valence-electron chi connectivity index (χ1n) is 9.49. The topological polar surface area (TPSA) is 78.5 Å². The molecule has 1 aliphatic carbocycles. The van der Waals surface area contributed by atoms with E-state index in [-0.39, 0.29) is 35.2 Å². The van der Waals surface area contributed by atoms with Gasteiger partial charge in [-0.1, -0.05) is 32.3 Å². The average molecular weight is 416 g/mol. The lowest BCUT2D eigenvalue weighted by molar-refractivity contribution is -0.121. The van der Waals surface area contributed by atoms with Crippen LogP contribution in [0.2, 0.25) is 0 Å². The first-order chi connectivity index (χ1) is 12.4. The summed E-state index contributed by atoms with van der Waals surface area (Å²) >= 11 is 0. The zero-order valence-electron chi connectivity index (χ0n) is 16.0. The summed E-state index contributed by atoms with van der Waals surface area (Å²) < 4.78 is 27.5.